The zero-order valence-electron chi connectivity index (χ0n) is 18.9. The Balaban J connectivity index is 1.53. The molecule has 0 bridgehead atoms. The van der Waals surface area contributed by atoms with Crippen molar-refractivity contribution >= 4 is 18.3 Å². The quantitative estimate of drug-likeness (QED) is 0.490. The van der Waals surface area contributed by atoms with E-state index in [1.54, 1.807) is 0 Å². The van der Waals surface area contributed by atoms with E-state index in [4.69, 9.17) is 18.8 Å². The van der Waals surface area contributed by atoms with E-state index in [9.17, 15) is 0 Å². The third kappa shape index (κ3) is 5.33. The second-order valence-electron chi connectivity index (χ2n) is 8.81. The van der Waals surface area contributed by atoms with Crippen molar-refractivity contribution in [2.45, 2.75) is 59.0 Å². The summed E-state index contributed by atoms with van der Waals surface area (Å²) in [4.78, 5) is 4.85. The maximum absolute atomic E-state index is 6.16. The Labute approximate surface area is 176 Å². The van der Waals surface area contributed by atoms with E-state index in [0.717, 1.165) is 38.2 Å². The maximum Gasteiger partial charge on any atom is 0.494 e. The number of piperazine rings is 1. The highest BCUT2D eigenvalue weighted by atomic mass is 16.7. The van der Waals surface area contributed by atoms with Gasteiger partial charge in [-0.25, -0.2) is 0 Å². The molecule has 0 N–H and O–H groups in total. The van der Waals surface area contributed by atoms with Gasteiger partial charge in [0.25, 0.3) is 0 Å². The molecule has 0 amide bonds. The first-order chi connectivity index (χ1) is 13.8. The fourth-order valence-corrected chi connectivity index (χ4v) is 3.75. The minimum absolute atomic E-state index is 0.129. The number of hydrogen-bond acceptors (Lipinski definition) is 6. The van der Waals surface area contributed by atoms with Crippen LogP contribution in [-0.4, -0.2) is 75.4 Å². The van der Waals surface area contributed by atoms with Gasteiger partial charge in [0.05, 0.1) is 11.2 Å². The molecule has 2 fully saturated rings. The van der Waals surface area contributed by atoms with E-state index in [1.165, 1.54) is 5.69 Å². The van der Waals surface area contributed by atoms with Gasteiger partial charge in [-0.3, -0.25) is 4.90 Å². The minimum Gasteiger partial charge on any atom is -0.399 e. The SMILES string of the molecule is CCOC(CN1CCN(c2ccc(B3OC(C)(C)C(C)(C)O3)cc2)CC1)OCC. The average Bonchev–Trinajstić information content (AvgIpc) is 2.90. The van der Waals surface area contributed by atoms with E-state index >= 15 is 0 Å². The van der Waals surface area contributed by atoms with Crippen molar-refractivity contribution in [3.63, 3.8) is 0 Å². The molecule has 6 nitrogen and oxygen atoms in total. The van der Waals surface area contributed by atoms with Crippen LogP contribution in [0.1, 0.15) is 41.5 Å². The summed E-state index contributed by atoms with van der Waals surface area (Å²) < 4.78 is 23.7. The molecule has 162 valence electrons. The Hall–Kier alpha value is -1.12. The summed E-state index contributed by atoms with van der Waals surface area (Å²) in [5.41, 5.74) is 1.69. The van der Waals surface area contributed by atoms with Crippen molar-refractivity contribution in [2.24, 2.45) is 0 Å². The lowest BCUT2D eigenvalue weighted by molar-refractivity contribution is -0.147. The van der Waals surface area contributed by atoms with Gasteiger partial charge < -0.3 is 23.7 Å². The summed E-state index contributed by atoms with van der Waals surface area (Å²) in [5, 5.41) is 0. The number of benzene rings is 1. The molecule has 29 heavy (non-hydrogen) atoms. The van der Waals surface area contributed by atoms with Crippen LogP contribution < -0.4 is 10.4 Å². The van der Waals surface area contributed by atoms with Crippen LogP contribution in [0.3, 0.4) is 0 Å². The normalized spacial score (nSPS) is 21.9. The van der Waals surface area contributed by atoms with E-state index in [2.05, 4.69) is 61.8 Å². The van der Waals surface area contributed by atoms with Crippen LogP contribution >= 0.6 is 0 Å². The van der Waals surface area contributed by atoms with Crippen LogP contribution in [0.25, 0.3) is 0 Å². The van der Waals surface area contributed by atoms with Gasteiger partial charge in [0, 0.05) is 51.6 Å². The number of hydrogen-bond donors (Lipinski definition) is 0. The van der Waals surface area contributed by atoms with Gasteiger partial charge in [0.15, 0.2) is 6.29 Å². The van der Waals surface area contributed by atoms with Crippen molar-refractivity contribution in [2.75, 3.05) is 50.8 Å². The molecule has 1 aromatic carbocycles. The van der Waals surface area contributed by atoms with Crippen LogP contribution in [0.4, 0.5) is 5.69 Å². The lowest BCUT2D eigenvalue weighted by atomic mass is 9.79. The molecule has 2 saturated heterocycles. The van der Waals surface area contributed by atoms with Crippen LogP contribution in [0.5, 0.6) is 0 Å². The lowest BCUT2D eigenvalue weighted by Gasteiger charge is -2.37. The van der Waals surface area contributed by atoms with Gasteiger partial charge in [0.1, 0.15) is 0 Å². The Morgan fingerprint density at radius 1 is 0.897 bits per heavy atom. The number of anilines is 1. The van der Waals surface area contributed by atoms with Crippen molar-refractivity contribution in [1.29, 1.82) is 0 Å². The van der Waals surface area contributed by atoms with Crippen molar-refractivity contribution < 1.29 is 18.8 Å². The van der Waals surface area contributed by atoms with Crippen LogP contribution in [-0.2, 0) is 18.8 Å². The molecule has 7 heteroatoms. The molecule has 0 atom stereocenters. The lowest BCUT2D eigenvalue weighted by Crippen LogP contribution is -2.49. The number of rotatable bonds is 8. The third-order valence-electron chi connectivity index (χ3n) is 6.27. The standard InChI is InChI=1S/C22H37BN2O4/c1-7-26-20(27-8-2)17-24-13-15-25(16-14-24)19-11-9-18(10-12-19)23-28-21(3,4)22(5,6)29-23/h9-12,20H,7-8,13-17H2,1-6H3. The minimum atomic E-state index is -0.312. The molecule has 2 aliphatic heterocycles. The molecule has 1 aromatic rings. The Bertz CT molecular complexity index is 623. The third-order valence-corrected chi connectivity index (χ3v) is 6.27. The topological polar surface area (TPSA) is 43.4 Å². The van der Waals surface area contributed by atoms with Crippen molar-refractivity contribution in [3.05, 3.63) is 24.3 Å². The molecule has 0 saturated carbocycles. The summed E-state index contributed by atoms with van der Waals surface area (Å²) in [6.07, 6.45) is -0.129. The van der Waals surface area contributed by atoms with Gasteiger partial charge in [-0.15, -0.1) is 0 Å². The van der Waals surface area contributed by atoms with Gasteiger partial charge in [-0.1, -0.05) is 12.1 Å². The van der Waals surface area contributed by atoms with E-state index in [-0.39, 0.29) is 24.6 Å². The zero-order chi connectivity index (χ0) is 21.1. The Morgan fingerprint density at radius 3 is 1.90 bits per heavy atom. The highest BCUT2D eigenvalue weighted by Gasteiger charge is 2.51. The van der Waals surface area contributed by atoms with Gasteiger partial charge in [-0.05, 0) is 59.1 Å². The fourth-order valence-electron chi connectivity index (χ4n) is 3.75. The zero-order valence-corrected chi connectivity index (χ0v) is 18.9. The van der Waals surface area contributed by atoms with E-state index < -0.39 is 0 Å². The second kappa shape index (κ2) is 9.35. The molecule has 0 aromatic heterocycles. The molecular formula is C22H37BN2O4. The molecule has 2 heterocycles. The monoisotopic (exact) mass is 404 g/mol. The first kappa shape index (κ1) is 22.6. The predicted octanol–water partition coefficient (Wildman–Crippen LogP) is 2.51. The van der Waals surface area contributed by atoms with Gasteiger partial charge >= 0.3 is 7.12 Å². The Kier molecular flexibility index (Phi) is 7.28. The molecule has 0 spiro atoms. The summed E-state index contributed by atoms with van der Waals surface area (Å²) in [7, 11) is -0.306. The van der Waals surface area contributed by atoms with E-state index in [1.807, 2.05) is 13.8 Å². The Morgan fingerprint density at radius 2 is 1.41 bits per heavy atom. The summed E-state index contributed by atoms with van der Waals surface area (Å²) >= 11 is 0. The van der Waals surface area contributed by atoms with Crippen molar-refractivity contribution in [1.82, 2.24) is 4.90 Å². The van der Waals surface area contributed by atoms with Gasteiger partial charge in [0.2, 0.25) is 0 Å². The fraction of sp³-hybridized carbons (Fsp3) is 0.727. The average molecular weight is 404 g/mol. The molecule has 3 rings (SSSR count). The summed E-state index contributed by atoms with van der Waals surface area (Å²) in [6, 6.07) is 8.62. The maximum atomic E-state index is 6.16. The van der Waals surface area contributed by atoms with Crippen LogP contribution in [0.2, 0.25) is 0 Å². The molecule has 2 aliphatic rings. The molecule has 0 radical (unpaired) electrons. The van der Waals surface area contributed by atoms with E-state index in [0.29, 0.717) is 13.2 Å². The highest BCUT2D eigenvalue weighted by molar-refractivity contribution is 6.62. The largest absolute Gasteiger partial charge is 0.494 e. The summed E-state index contributed by atoms with van der Waals surface area (Å²) in [6.45, 7) is 18.6. The number of ether oxygens (including phenoxy) is 2. The van der Waals surface area contributed by atoms with Crippen molar-refractivity contribution in [3.8, 4) is 0 Å². The molecular weight excluding hydrogens is 367 g/mol. The van der Waals surface area contributed by atoms with Gasteiger partial charge in [-0.2, -0.15) is 0 Å². The second-order valence-corrected chi connectivity index (χ2v) is 8.81. The smallest absolute Gasteiger partial charge is 0.399 e. The molecule has 0 aliphatic carbocycles. The van der Waals surface area contributed by atoms with Crippen LogP contribution in [0, 0.1) is 0 Å². The first-order valence-corrected chi connectivity index (χ1v) is 10.9. The molecule has 0 unspecified atom stereocenters. The number of nitrogens with zero attached hydrogens (tertiary/aromatic N) is 2. The van der Waals surface area contributed by atoms with Crippen LogP contribution in [0.15, 0.2) is 24.3 Å². The first-order valence-electron chi connectivity index (χ1n) is 10.9. The predicted molar refractivity (Wildman–Crippen MR) is 118 cm³/mol. The summed E-state index contributed by atoms with van der Waals surface area (Å²) in [5.74, 6) is 0. The highest BCUT2D eigenvalue weighted by Crippen LogP contribution is 2.36.